The standard InChI is InChI=1S/C22H25FN4O3S/c1-29-26(16-31)14-19-15-27(22(28)30-19)18-7-8-21(20(23)13-18)25-11-9-24(10-12-25)17-5-3-2-4-6-17/h2-8,13,16,19H,9-12,14-15H2,1H3/t19-/m0/s1. The molecule has 0 saturated carbocycles. The molecular weight excluding hydrogens is 419 g/mol. The first-order valence-corrected chi connectivity index (χ1v) is 10.6. The van der Waals surface area contributed by atoms with Gasteiger partial charge >= 0.3 is 6.09 Å². The van der Waals surface area contributed by atoms with Crippen LogP contribution in [0.3, 0.4) is 0 Å². The third-order valence-corrected chi connectivity index (χ3v) is 5.83. The van der Waals surface area contributed by atoms with Crippen molar-refractivity contribution >= 4 is 40.9 Å². The van der Waals surface area contributed by atoms with Crippen molar-refractivity contribution in [2.45, 2.75) is 6.10 Å². The van der Waals surface area contributed by atoms with Crippen molar-refractivity contribution in [3.05, 3.63) is 54.3 Å². The lowest BCUT2D eigenvalue weighted by atomic mass is 10.2. The van der Waals surface area contributed by atoms with Gasteiger partial charge in [0.1, 0.15) is 11.9 Å². The van der Waals surface area contributed by atoms with Crippen molar-refractivity contribution in [2.75, 3.05) is 61.1 Å². The summed E-state index contributed by atoms with van der Waals surface area (Å²) in [6, 6.07) is 15.1. The molecule has 4 rings (SSSR count). The first-order chi connectivity index (χ1) is 15.1. The Morgan fingerprint density at radius 2 is 1.84 bits per heavy atom. The number of nitrogens with zero attached hydrogens (tertiary/aromatic N) is 4. The first-order valence-electron chi connectivity index (χ1n) is 10.2. The molecule has 2 aliphatic heterocycles. The number of carbonyl (C=O) groups excluding carboxylic acids is 1. The number of rotatable bonds is 7. The van der Waals surface area contributed by atoms with Gasteiger partial charge in [0, 0.05) is 31.9 Å². The first kappa shape index (κ1) is 21.3. The van der Waals surface area contributed by atoms with Crippen LogP contribution in [0.15, 0.2) is 48.5 Å². The molecule has 2 aliphatic rings. The maximum atomic E-state index is 15.0. The summed E-state index contributed by atoms with van der Waals surface area (Å²) in [6.45, 7) is 3.71. The molecule has 0 spiro atoms. The van der Waals surface area contributed by atoms with Gasteiger partial charge in [0.15, 0.2) is 0 Å². The highest BCUT2D eigenvalue weighted by atomic mass is 32.1. The van der Waals surface area contributed by atoms with Crippen LogP contribution in [-0.4, -0.2) is 69.1 Å². The lowest BCUT2D eigenvalue weighted by Gasteiger charge is -2.37. The average molecular weight is 445 g/mol. The fraction of sp³-hybridized carbons (Fsp3) is 0.364. The highest BCUT2D eigenvalue weighted by molar-refractivity contribution is 7.78. The lowest BCUT2D eigenvalue weighted by molar-refractivity contribution is -0.0755. The molecule has 1 amide bonds. The molecular formula is C22H25FN4O3S. The third kappa shape index (κ3) is 4.72. The van der Waals surface area contributed by atoms with Crippen LogP contribution in [-0.2, 0) is 9.57 Å². The Bertz CT molecular complexity index is 924. The molecule has 7 nitrogen and oxygen atoms in total. The van der Waals surface area contributed by atoms with Gasteiger partial charge in [0.25, 0.3) is 0 Å². The summed E-state index contributed by atoms with van der Waals surface area (Å²) in [4.78, 5) is 23.1. The number of carbonyl (C=O) groups is 1. The molecule has 9 heteroatoms. The van der Waals surface area contributed by atoms with Crippen molar-refractivity contribution in [2.24, 2.45) is 0 Å². The lowest BCUT2D eigenvalue weighted by Crippen LogP contribution is -2.46. The summed E-state index contributed by atoms with van der Waals surface area (Å²) in [5.74, 6) is -0.348. The van der Waals surface area contributed by atoms with E-state index in [9.17, 15) is 9.18 Å². The number of hydroxylamine groups is 2. The molecule has 2 saturated heterocycles. The quantitative estimate of drug-likeness (QED) is 0.480. The molecule has 0 aromatic heterocycles. The zero-order valence-corrected chi connectivity index (χ0v) is 18.1. The van der Waals surface area contributed by atoms with Crippen LogP contribution < -0.4 is 14.7 Å². The van der Waals surface area contributed by atoms with Crippen LogP contribution in [0.25, 0.3) is 0 Å². The smallest absolute Gasteiger partial charge is 0.414 e. The molecule has 2 fully saturated rings. The van der Waals surface area contributed by atoms with Crippen molar-refractivity contribution in [1.29, 1.82) is 0 Å². The summed E-state index contributed by atoms with van der Waals surface area (Å²) in [5.41, 5.74) is 3.55. The van der Waals surface area contributed by atoms with E-state index in [4.69, 9.17) is 21.8 Å². The highest BCUT2D eigenvalue weighted by Crippen LogP contribution is 2.29. The fourth-order valence-corrected chi connectivity index (χ4v) is 4.13. The number of hydrogen-bond donors (Lipinski definition) is 0. The SMILES string of the molecule is CON(C=S)C[C@H]1CN(c2ccc(N3CCN(c4ccccc4)CC3)c(F)c2)C(=O)O1. The number of cyclic esters (lactones) is 1. The van der Waals surface area contributed by atoms with E-state index in [2.05, 4.69) is 17.0 Å². The number of amides is 1. The van der Waals surface area contributed by atoms with E-state index in [0.29, 0.717) is 24.5 Å². The minimum absolute atomic E-state index is 0.302. The van der Waals surface area contributed by atoms with E-state index < -0.39 is 12.2 Å². The van der Waals surface area contributed by atoms with Gasteiger partial charge in [0.2, 0.25) is 0 Å². The van der Waals surface area contributed by atoms with E-state index in [-0.39, 0.29) is 5.82 Å². The highest BCUT2D eigenvalue weighted by Gasteiger charge is 2.34. The Morgan fingerprint density at radius 3 is 2.48 bits per heavy atom. The number of thiocarbonyl (C=S) groups is 1. The van der Waals surface area contributed by atoms with Gasteiger partial charge in [-0.3, -0.25) is 9.74 Å². The molecule has 0 radical (unpaired) electrons. The largest absolute Gasteiger partial charge is 0.442 e. The Hall–Kier alpha value is -2.91. The molecule has 0 aliphatic carbocycles. The molecule has 31 heavy (non-hydrogen) atoms. The summed E-state index contributed by atoms with van der Waals surface area (Å²) < 4.78 is 20.3. The maximum absolute atomic E-state index is 15.0. The zero-order chi connectivity index (χ0) is 21.8. The van der Waals surface area contributed by atoms with Crippen molar-refractivity contribution in [3.8, 4) is 0 Å². The minimum Gasteiger partial charge on any atom is -0.442 e. The number of anilines is 3. The molecule has 0 N–H and O–H groups in total. The van der Waals surface area contributed by atoms with E-state index in [1.807, 2.05) is 23.1 Å². The van der Waals surface area contributed by atoms with Gasteiger partial charge in [-0.15, -0.1) is 0 Å². The van der Waals surface area contributed by atoms with E-state index in [1.165, 1.54) is 34.3 Å². The van der Waals surface area contributed by atoms with E-state index >= 15 is 0 Å². The normalized spacial score (nSPS) is 18.8. The number of benzene rings is 2. The van der Waals surface area contributed by atoms with Gasteiger partial charge < -0.3 is 14.5 Å². The molecule has 1 atom stereocenters. The average Bonchev–Trinajstić information content (AvgIpc) is 3.18. The molecule has 0 bridgehead atoms. The minimum atomic E-state index is -0.506. The van der Waals surface area contributed by atoms with Gasteiger partial charge in [-0.25, -0.2) is 14.2 Å². The van der Waals surface area contributed by atoms with Crippen LogP contribution >= 0.6 is 12.2 Å². The molecule has 2 heterocycles. The van der Waals surface area contributed by atoms with Gasteiger partial charge in [0.05, 0.1) is 37.1 Å². The molecule has 0 unspecified atom stereocenters. The van der Waals surface area contributed by atoms with E-state index in [1.54, 1.807) is 12.1 Å². The summed E-state index contributed by atoms with van der Waals surface area (Å²) in [5, 5.41) is 1.41. The topological polar surface area (TPSA) is 48.5 Å². The van der Waals surface area contributed by atoms with E-state index in [0.717, 1.165) is 26.2 Å². The van der Waals surface area contributed by atoms with Crippen molar-refractivity contribution < 1.29 is 18.8 Å². The summed E-state index contributed by atoms with van der Waals surface area (Å²) in [6.07, 6.45) is -0.922. The number of hydrogen-bond acceptors (Lipinski definition) is 6. The van der Waals surface area contributed by atoms with Gasteiger partial charge in [-0.1, -0.05) is 30.4 Å². The Morgan fingerprint density at radius 1 is 1.13 bits per heavy atom. The molecule has 2 aromatic carbocycles. The Kier molecular flexibility index (Phi) is 6.53. The number of ether oxygens (including phenoxy) is 1. The summed E-state index contributed by atoms with van der Waals surface area (Å²) in [7, 11) is 1.49. The Balaban J connectivity index is 1.40. The van der Waals surface area contributed by atoms with Crippen molar-refractivity contribution in [1.82, 2.24) is 5.06 Å². The van der Waals surface area contributed by atoms with Crippen LogP contribution in [0.4, 0.5) is 26.2 Å². The second-order valence-corrected chi connectivity index (χ2v) is 7.66. The predicted octanol–water partition coefficient (Wildman–Crippen LogP) is 3.30. The number of piperazine rings is 1. The summed E-state index contributed by atoms with van der Waals surface area (Å²) >= 11 is 4.85. The third-order valence-electron chi connectivity index (χ3n) is 5.59. The van der Waals surface area contributed by atoms with Gasteiger partial charge in [-0.05, 0) is 30.3 Å². The van der Waals surface area contributed by atoms with Crippen LogP contribution in [0, 0.1) is 5.82 Å². The van der Waals surface area contributed by atoms with Crippen molar-refractivity contribution in [3.63, 3.8) is 0 Å². The second-order valence-electron chi connectivity index (χ2n) is 7.45. The number of para-hydroxylation sites is 1. The van der Waals surface area contributed by atoms with Gasteiger partial charge in [-0.2, -0.15) is 0 Å². The maximum Gasteiger partial charge on any atom is 0.414 e. The van der Waals surface area contributed by atoms with Crippen LogP contribution in [0.1, 0.15) is 0 Å². The van der Waals surface area contributed by atoms with Crippen LogP contribution in [0.2, 0.25) is 0 Å². The fourth-order valence-electron chi connectivity index (χ4n) is 3.95. The molecule has 2 aromatic rings. The zero-order valence-electron chi connectivity index (χ0n) is 17.3. The Labute approximate surface area is 186 Å². The number of halogens is 1. The van der Waals surface area contributed by atoms with Crippen LogP contribution in [0.5, 0.6) is 0 Å². The predicted molar refractivity (Wildman–Crippen MR) is 122 cm³/mol. The monoisotopic (exact) mass is 444 g/mol. The molecule has 164 valence electrons. The second kappa shape index (κ2) is 9.49.